The Hall–Kier alpha value is -1.63. The van der Waals surface area contributed by atoms with Gasteiger partial charge in [-0.1, -0.05) is 71.9 Å². The third kappa shape index (κ3) is 4.42. The summed E-state index contributed by atoms with van der Waals surface area (Å²) in [6, 6.07) is 14.9. The molecule has 0 spiro atoms. The molecule has 0 atom stereocenters. The Morgan fingerprint density at radius 2 is 1.57 bits per heavy atom. The fraction of sp³-hybridized carbons (Fsp3) is 0.450. The van der Waals surface area contributed by atoms with Crippen molar-refractivity contribution in [3.05, 3.63) is 65.5 Å². The van der Waals surface area contributed by atoms with E-state index in [1.54, 1.807) is 0 Å². The fourth-order valence-corrected chi connectivity index (χ4v) is 2.31. The van der Waals surface area contributed by atoms with Gasteiger partial charge in [-0.05, 0) is 34.6 Å². The number of hydrogen-bond acceptors (Lipinski definition) is 1. The average Bonchev–Trinajstić information content (AvgIpc) is 2.50. The Bertz CT molecular complexity index is 527. The van der Waals surface area contributed by atoms with Crippen LogP contribution in [0, 0.1) is 5.92 Å². The quantitative estimate of drug-likeness (QED) is 0.708. The summed E-state index contributed by atoms with van der Waals surface area (Å²) in [5.41, 5.74) is 4.15. The lowest BCUT2D eigenvalue weighted by atomic mass is 9.73. The van der Waals surface area contributed by atoms with Crippen LogP contribution in [0.2, 0.25) is 0 Å². The minimum absolute atomic E-state index is 0.186. The van der Waals surface area contributed by atoms with E-state index in [4.69, 9.17) is 0 Å². The van der Waals surface area contributed by atoms with Crippen LogP contribution in [0.5, 0.6) is 0 Å². The highest BCUT2D eigenvalue weighted by molar-refractivity contribution is 5.36. The number of pyridine rings is 1. The van der Waals surface area contributed by atoms with Gasteiger partial charge in [0.2, 0.25) is 0 Å². The molecule has 1 heterocycles. The van der Waals surface area contributed by atoms with E-state index in [1.165, 1.54) is 11.1 Å². The molecular formula is C20H29N. The summed E-state index contributed by atoms with van der Waals surface area (Å²) < 4.78 is 0. The molecule has 0 aliphatic rings. The van der Waals surface area contributed by atoms with Crippen molar-refractivity contribution in [1.29, 1.82) is 0 Å². The van der Waals surface area contributed by atoms with Crippen LogP contribution >= 0.6 is 0 Å². The van der Waals surface area contributed by atoms with Gasteiger partial charge < -0.3 is 0 Å². The minimum Gasteiger partial charge on any atom is -0.261 e. The van der Waals surface area contributed by atoms with E-state index in [2.05, 4.69) is 69.1 Å². The molecule has 0 aliphatic heterocycles. The molecule has 1 heteroatoms. The first-order valence-corrected chi connectivity index (χ1v) is 8.00. The zero-order chi connectivity index (χ0) is 15.9. The van der Waals surface area contributed by atoms with Crippen molar-refractivity contribution >= 4 is 0 Å². The number of rotatable bonds is 4. The Morgan fingerprint density at radius 3 is 2.14 bits per heavy atom. The van der Waals surface area contributed by atoms with Crippen molar-refractivity contribution in [3.63, 3.8) is 0 Å². The summed E-state index contributed by atoms with van der Waals surface area (Å²) in [7, 11) is 0. The smallest absolute Gasteiger partial charge is 0.0447 e. The topological polar surface area (TPSA) is 12.9 Å². The lowest BCUT2D eigenvalue weighted by Crippen LogP contribution is -2.26. The van der Waals surface area contributed by atoms with Crippen LogP contribution in [-0.4, -0.2) is 4.98 Å². The largest absolute Gasteiger partial charge is 0.261 e. The van der Waals surface area contributed by atoms with Gasteiger partial charge in [-0.25, -0.2) is 0 Å². The first-order chi connectivity index (χ1) is 10.0. The molecule has 114 valence electrons. The highest BCUT2D eigenvalue weighted by atomic mass is 14.7. The zero-order valence-corrected chi connectivity index (χ0v) is 14.4. The minimum atomic E-state index is 0.186. The molecule has 0 unspecified atom stereocenters. The Kier molecular flexibility index (Phi) is 6.61. The molecule has 2 aromatic rings. The van der Waals surface area contributed by atoms with E-state index in [9.17, 15) is 0 Å². The fourth-order valence-electron chi connectivity index (χ4n) is 2.31. The molecule has 0 saturated heterocycles. The first-order valence-electron chi connectivity index (χ1n) is 8.00. The molecular weight excluding hydrogens is 254 g/mol. The number of hydrogen-bond donors (Lipinski definition) is 0. The van der Waals surface area contributed by atoms with Gasteiger partial charge in [0.05, 0.1) is 0 Å². The molecule has 1 aromatic heterocycles. The molecule has 1 nitrogen and oxygen atoms in total. The highest BCUT2D eigenvalue weighted by Crippen LogP contribution is 2.34. The molecule has 0 N–H and O–H groups in total. The molecule has 0 radical (unpaired) electrons. The average molecular weight is 283 g/mol. The summed E-state index contributed by atoms with van der Waals surface area (Å²) in [6.45, 7) is 13.2. The van der Waals surface area contributed by atoms with E-state index in [-0.39, 0.29) is 5.41 Å². The van der Waals surface area contributed by atoms with Gasteiger partial charge in [0, 0.05) is 18.3 Å². The second-order valence-corrected chi connectivity index (χ2v) is 6.03. The van der Waals surface area contributed by atoms with Gasteiger partial charge in [0.15, 0.2) is 0 Å². The molecule has 0 bridgehead atoms. The van der Waals surface area contributed by atoms with Crippen LogP contribution < -0.4 is 0 Å². The van der Waals surface area contributed by atoms with Crippen LogP contribution in [0.1, 0.15) is 58.4 Å². The van der Waals surface area contributed by atoms with Gasteiger partial charge in [-0.2, -0.15) is 0 Å². The van der Waals surface area contributed by atoms with E-state index in [0.29, 0.717) is 5.92 Å². The van der Waals surface area contributed by atoms with E-state index in [0.717, 1.165) is 12.1 Å². The third-order valence-electron chi connectivity index (χ3n) is 4.25. The van der Waals surface area contributed by atoms with Gasteiger partial charge in [0.1, 0.15) is 0 Å². The Labute approximate surface area is 130 Å². The molecule has 21 heavy (non-hydrogen) atoms. The predicted molar refractivity (Wildman–Crippen MR) is 92.7 cm³/mol. The van der Waals surface area contributed by atoms with Crippen LogP contribution in [0.3, 0.4) is 0 Å². The SMILES string of the molecule is CC.CC(C)C(C)(C)c1ccccc1Cc1ccccn1. The number of nitrogens with zero attached hydrogens (tertiary/aromatic N) is 1. The van der Waals surface area contributed by atoms with Crippen LogP contribution in [-0.2, 0) is 11.8 Å². The van der Waals surface area contributed by atoms with Crippen molar-refractivity contribution in [2.75, 3.05) is 0 Å². The lowest BCUT2D eigenvalue weighted by Gasteiger charge is -2.32. The zero-order valence-electron chi connectivity index (χ0n) is 14.4. The maximum absolute atomic E-state index is 4.44. The van der Waals surface area contributed by atoms with E-state index in [1.807, 2.05) is 26.1 Å². The van der Waals surface area contributed by atoms with Gasteiger partial charge in [-0.15, -0.1) is 0 Å². The maximum Gasteiger partial charge on any atom is 0.0447 e. The van der Waals surface area contributed by atoms with Crippen LogP contribution in [0.15, 0.2) is 48.7 Å². The van der Waals surface area contributed by atoms with Gasteiger partial charge in [-0.3, -0.25) is 4.98 Å². The van der Waals surface area contributed by atoms with Crippen molar-refractivity contribution < 1.29 is 0 Å². The van der Waals surface area contributed by atoms with Crippen LogP contribution in [0.4, 0.5) is 0 Å². The standard InChI is InChI=1S/C18H23N.C2H6/c1-14(2)18(3,4)17-11-6-5-9-15(17)13-16-10-7-8-12-19-16;1-2/h5-12,14H,13H2,1-4H3;1-2H3. The van der Waals surface area contributed by atoms with Gasteiger partial charge in [0.25, 0.3) is 0 Å². The maximum atomic E-state index is 4.44. The molecule has 1 aromatic carbocycles. The first kappa shape index (κ1) is 17.4. The summed E-state index contributed by atoms with van der Waals surface area (Å²) >= 11 is 0. The summed E-state index contributed by atoms with van der Waals surface area (Å²) in [4.78, 5) is 4.44. The highest BCUT2D eigenvalue weighted by Gasteiger charge is 2.26. The number of aromatic nitrogens is 1. The predicted octanol–water partition coefficient (Wildman–Crippen LogP) is 5.63. The third-order valence-corrected chi connectivity index (χ3v) is 4.25. The normalized spacial score (nSPS) is 11.0. The second-order valence-electron chi connectivity index (χ2n) is 6.03. The van der Waals surface area contributed by atoms with Crippen molar-refractivity contribution in [2.24, 2.45) is 5.92 Å². The molecule has 0 amide bonds. The molecule has 2 rings (SSSR count). The monoisotopic (exact) mass is 283 g/mol. The number of benzene rings is 1. The Balaban J connectivity index is 0.00000106. The summed E-state index contributed by atoms with van der Waals surface area (Å²) in [5.74, 6) is 0.609. The van der Waals surface area contributed by atoms with E-state index >= 15 is 0 Å². The van der Waals surface area contributed by atoms with Crippen molar-refractivity contribution in [3.8, 4) is 0 Å². The molecule has 0 fully saturated rings. The lowest BCUT2D eigenvalue weighted by molar-refractivity contribution is 0.370. The molecule has 0 saturated carbocycles. The Morgan fingerprint density at radius 1 is 0.952 bits per heavy atom. The summed E-state index contributed by atoms with van der Waals surface area (Å²) in [6.07, 6.45) is 2.78. The van der Waals surface area contributed by atoms with Crippen molar-refractivity contribution in [2.45, 2.75) is 53.4 Å². The second kappa shape index (κ2) is 7.97. The van der Waals surface area contributed by atoms with Gasteiger partial charge >= 0.3 is 0 Å². The molecule has 0 aliphatic carbocycles. The summed E-state index contributed by atoms with van der Waals surface area (Å²) in [5, 5.41) is 0. The van der Waals surface area contributed by atoms with Crippen LogP contribution in [0.25, 0.3) is 0 Å². The van der Waals surface area contributed by atoms with Crippen molar-refractivity contribution in [1.82, 2.24) is 4.98 Å². The van der Waals surface area contributed by atoms with E-state index < -0.39 is 0 Å².